The number of nitrogens with zero attached hydrogens (tertiary/aromatic N) is 1. The summed E-state index contributed by atoms with van der Waals surface area (Å²) in [7, 11) is 1.47. The number of aryl methyl sites for hydroxylation is 2. The van der Waals surface area contributed by atoms with Gasteiger partial charge >= 0.3 is 11.8 Å². The van der Waals surface area contributed by atoms with Crippen molar-refractivity contribution in [2.75, 3.05) is 25.6 Å². The highest BCUT2D eigenvalue weighted by Gasteiger charge is 2.13. The van der Waals surface area contributed by atoms with Gasteiger partial charge in [-0.05, 0) is 55.2 Å². The number of amides is 3. The zero-order valence-electron chi connectivity index (χ0n) is 19.5. The molecule has 0 saturated heterocycles. The zero-order valence-corrected chi connectivity index (χ0v) is 19.5. The Morgan fingerprint density at radius 2 is 1.79 bits per heavy atom. The van der Waals surface area contributed by atoms with E-state index in [9.17, 15) is 14.4 Å². The van der Waals surface area contributed by atoms with E-state index in [1.165, 1.54) is 13.3 Å². The van der Waals surface area contributed by atoms with Gasteiger partial charge in [0.25, 0.3) is 5.91 Å². The average Bonchev–Trinajstić information content (AvgIpc) is 2.78. The molecule has 0 spiro atoms. The van der Waals surface area contributed by atoms with Crippen LogP contribution in [0.25, 0.3) is 0 Å². The number of anilines is 1. The molecule has 0 radical (unpaired) electrons. The van der Waals surface area contributed by atoms with Gasteiger partial charge in [0, 0.05) is 12.2 Å². The first-order chi connectivity index (χ1) is 15.7. The van der Waals surface area contributed by atoms with E-state index in [1.807, 2.05) is 45.9 Å². The third-order valence-corrected chi connectivity index (χ3v) is 4.46. The Bertz CT molecular complexity index is 1030. The van der Waals surface area contributed by atoms with Crippen molar-refractivity contribution >= 4 is 29.6 Å². The Kier molecular flexibility index (Phi) is 9.41. The van der Waals surface area contributed by atoms with E-state index in [0.717, 1.165) is 16.8 Å². The van der Waals surface area contributed by atoms with Gasteiger partial charge in [0.2, 0.25) is 0 Å². The highest BCUT2D eigenvalue weighted by atomic mass is 16.5. The van der Waals surface area contributed by atoms with Crippen molar-refractivity contribution in [2.24, 2.45) is 11.0 Å². The molecule has 3 N–H and O–H groups in total. The van der Waals surface area contributed by atoms with Crippen LogP contribution in [-0.4, -0.2) is 44.2 Å². The molecule has 176 valence electrons. The lowest BCUT2D eigenvalue weighted by Crippen LogP contribution is -2.39. The quantitative estimate of drug-likeness (QED) is 0.306. The maximum Gasteiger partial charge on any atom is 0.329 e. The number of hydrazone groups is 1. The standard InChI is InChI=1S/C24H30N4O5/c1-15(2)12-25-23(30)24(31)28-26-13-18-7-9-20(21(11-18)32-5)33-14-22(29)27-19-8-6-16(3)10-17(19)4/h6-11,13,15H,12,14H2,1-5H3,(H,25,30)(H,27,29)(H,28,31)/b26-13-. The van der Waals surface area contributed by atoms with Gasteiger partial charge in [-0.1, -0.05) is 31.5 Å². The molecule has 0 atom stereocenters. The molecule has 0 bridgehead atoms. The number of benzene rings is 2. The predicted molar refractivity (Wildman–Crippen MR) is 127 cm³/mol. The van der Waals surface area contributed by atoms with Gasteiger partial charge in [0.15, 0.2) is 18.1 Å². The van der Waals surface area contributed by atoms with E-state index in [-0.39, 0.29) is 18.4 Å². The van der Waals surface area contributed by atoms with Crippen molar-refractivity contribution in [3.8, 4) is 11.5 Å². The maximum absolute atomic E-state index is 12.3. The third-order valence-electron chi connectivity index (χ3n) is 4.46. The molecule has 2 aromatic rings. The molecule has 9 heteroatoms. The smallest absolute Gasteiger partial charge is 0.329 e. The molecule has 0 saturated carbocycles. The lowest BCUT2D eigenvalue weighted by atomic mass is 10.1. The Morgan fingerprint density at radius 1 is 1.03 bits per heavy atom. The molecule has 0 unspecified atom stereocenters. The van der Waals surface area contributed by atoms with Gasteiger partial charge in [-0.25, -0.2) is 5.43 Å². The first-order valence-electron chi connectivity index (χ1n) is 10.5. The van der Waals surface area contributed by atoms with Crippen LogP contribution in [0.3, 0.4) is 0 Å². The summed E-state index contributed by atoms with van der Waals surface area (Å²) in [6, 6.07) is 10.7. The first kappa shape index (κ1) is 25.4. The summed E-state index contributed by atoms with van der Waals surface area (Å²) in [6.07, 6.45) is 1.37. The minimum absolute atomic E-state index is 0.196. The van der Waals surface area contributed by atoms with Crippen LogP contribution in [0, 0.1) is 19.8 Å². The number of rotatable bonds is 9. The molecule has 2 rings (SSSR count). The van der Waals surface area contributed by atoms with Gasteiger partial charge in [-0.15, -0.1) is 0 Å². The summed E-state index contributed by atoms with van der Waals surface area (Å²) in [5.74, 6) is -0.902. The van der Waals surface area contributed by atoms with Crippen molar-refractivity contribution in [3.05, 3.63) is 53.1 Å². The van der Waals surface area contributed by atoms with E-state index in [0.29, 0.717) is 23.6 Å². The molecular formula is C24H30N4O5. The summed E-state index contributed by atoms with van der Waals surface area (Å²) < 4.78 is 10.9. The maximum atomic E-state index is 12.3. The van der Waals surface area contributed by atoms with Crippen LogP contribution in [0.4, 0.5) is 5.69 Å². The van der Waals surface area contributed by atoms with E-state index in [1.54, 1.807) is 18.2 Å². The highest BCUT2D eigenvalue weighted by molar-refractivity contribution is 6.35. The van der Waals surface area contributed by atoms with E-state index < -0.39 is 11.8 Å². The zero-order chi connectivity index (χ0) is 24.4. The molecule has 2 aromatic carbocycles. The van der Waals surface area contributed by atoms with Crippen LogP contribution < -0.4 is 25.5 Å². The second-order valence-corrected chi connectivity index (χ2v) is 7.87. The number of carbonyl (C=O) groups is 3. The molecule has 0 heterocycles. The Hall–Kier alpha value is -3.88. The van der Waals surface area contributed by atoms with E-state index in [2.05, 4.69) is 21.2 Å². The summed E-state index contributed by atoms with van der Waals surface area (Å²) >= 11 is 0. The minimum Gasteiger partial charge on any atom is -0.493 e. The number of hydrogen-bond acceptors (Lipinski definition) is 6. The van der Waals surface area contributed by atoms with Crippen molar-refractivity contribution in [1.82, 2.24) is 10.7 Å². The van der Waals surface area contributed by atoms with Crippen molar-refractivity contribution in [3.63, 3.8) is 0 Å². The number of carbonyl (C=O) groups excluding carboxylic acids is 3. The summed E-state index contributed by atoms with van der Waals surface area (Å²) in [6.45, 7) is 7.97. The van der Waals surface area contributed by atoms with Crippen LogP contribution >= 0.6 is 0 Å². The Morgan fingerprint density at radius 3 is 2.45 bits per heavy atom. The summed E-state index contributed by atoms with van der Waals surface area (Å²) in [5.41, 5.74) is 5.58. The fraction of sp³-hybridized carbons (Fsp3) is 0.333. The lowest BCUT2D eigenvalue weighted by molar-refractivity contribution is -0.139. The van der Waals surface area contributed by atoms with Crippen LogP contribution in [0.5, 0.6) is 11.5 Å². The van der Waals surface area contributed by atoms with Gasteiger partial charge in [-0.3, -0.25) is 14.4 Å². The SMILES string of the molecule is COc1cc(/C=N\NC(=O)C(=O)NCC(C)C)ccc1OCC(=O)Nc1ccc(C)cc1C. The Labute approximate surface area is 193 Å². The lowest BCUT2D eigenvalue weighted by Gasteiger charge is -2.12. The molecular weight excluding hydrogens is 424 g/mol. The molecule has 0 aromatic heterocycles. The van der Waals surface area contributed by atoms with E-state index >= 15 is 0 Å². The number of hydrogen-bond donors (Lipinski definition) is 3. The highest BCUT2D eigenvalue weighted by Crippen LogP contribution is 2.27. The van der Waals surface area contributed by atoms with Crippen LogP contribution in [0.1, 0.15) is 30.5 Å². The van der Waals surface area contributed by atoms with Gasteiger partial charge in [0.1, 0.15) is 0 Å². The molecule has 0 aliphatic heterocycles. The van der Waals surface area contributed by atoms with Crippen LogP contribution in [-0.2, 0) is 14.4 Å². The van der Waals surface area contributed by atoms with Gasteiger partial charge in [-0.2, -0.15) is 5.10 Å². The molecule has 0 aliphatic carbocycles. The fourth-order valence-electron chi connectivity index (χ4n) is 2.76. The molecule has 33 heavy (non-hydrogen) atoms. The third kappa shape index (κ3) is 8.29. The minimum atomic E-state index is -0.853. The molecule has 9 nitrogen and oxygen atoms in total. The predicted octanol–water partition coefficient (Wildman–Crippen LogP) is 2.55. The largest absolute Gasteiger partial charge is 0.493 e. The number of methoxy groups -OCH3 is 1. The first-order valence-corrected chi connectivity index (χ1v) is 10.5. The monoisotopic (exact) mass is 454 g/mol. The average molecular weight is 455 g/mol. The number of ether oxygens (including phenoxy) is 2. The summed E-state index contributed by atoms with van der Waals surface area (Å²) in [4.78, 5) is 35.6. The molecule has 0 aliphatic rings. The van der Waals surface area contributed by atoms with Crippen molar-refractivity contribution < 1.29 is 23.9 Å². The Balaban J connectivity index is 1.91. The van der Waals surface area contributed by atoms with Crippen LogP contribution in [0.15, 0.2) is 41.5 Å². The number of nitrogens with one attached hydrogen (secondary N) is 3. The second-order valence-electron chi connectivity index (χ2n) is 7.87. The van der Waals surface area contributed by atoms with E-state index in [4.69, 9.17) is 9.47 Å². The topological polar surface area (TPSA) is 118 Å². The van der Waals surface area contributed by atoms with Crippen LogP contribution in [0.2, 0.25) is 0 Å². The summed E-state index contributed by atoms with van der Waals surface area (Å²) in [5, 5.41) is 9.11. The molecule has 0 fully saturated rings. The van der Waals surface area contributed by atoms with Gasteiger partial charge in [0.05, 0.1) is 13.3 Å². The molecule has 3 amide bonds. The normalized spacial score (nSPS) is 10.7. The second kappa shape index (κ2) is 12.2. The fourth-order valence-corrected chi connectivity index (χ4v) is 2.76. The van der Waals surface area contributed by atoms with Crippen molar-refractivity contribution in [1.29, 1.82) is 0 Å². The van der Waals surface area contributed by atoms with Crippen molar-refractivity contribution in [2.45, 2.75) is 27.7 Å². The van der Waals surface area contributed by atoms with Gasteiger partial charge < -0.3 is 20.1 Å².